The third kappa shape index (κ3) is 2.64. The van der Waals surface area contributed by atoms with E-state index in [-0.39, 0.29) is 0 Å². The molecule has 0 aromatic rings. The van der Waals surface area contributed by atoms with Crippen molar-refractivity contribution >= 4 is 0 Å². The number of hydrogen-bond donors (Lipinski definition) is 1. The van der Waals surface area contributed by atoms with Crippen LogP contribution in [0.25, 0.3) is 0 Å². The summed E-state index contributed by atoms with van der Waals surface area (Å²) in [5.74, 6) is 5.68. The lowest BCUT2D eigenvalue weighted by atomic mass is 10.2. The molecule has 0 bridgehead atoms. The van der Waals surface area contributed by atoms with Gasteiger partial charge in [-0.1, -0.05) is 0 Å². The zero-order valence-electron chi connectivity index (χ0n) is 8.11. The zero-order chi connectivity index (χ0) is 9.10. The summed E-state index contributed by atoms with van der Waals surface area (Å²) in [6.07, 6.45) is 2.97. The first-order valence-electron chi connectivity index (χ1n) is 5.18. The fraction of sp³-hybridized carbons (Fsp3) is 1.00. The van der Waals surface area contributed by atoms with Gasteiger partial charge >= 0.3 is 0 Å². The highest BCUT2D eigenvalue weighted by Crippen LogP contribution is 2.13. The fourth-order valence-corrected chi connectivity index (χ4v) is 2.02. The van der Waals surface area contributed by atoms with Crippen LogP contribution in [0.1, 0.15) is 12.8 Å². The molecule has 1 unspecified atom stereocenters. The monoisotopic (exact) mass is 185 g/mol. The van der Waals surface area contributed by atoms with Crippen LogP contribution in [0, 0.1) is 0 Å². The molecule has 0 amide bonds. The van der Waals surface area contributed by atoms with Crippen molar-refractivity contribution in [1.82, 2.24) is 9.91 Å². The van der Waals surface area contributed by atoms with E-state index in [2.05, 4.69) is 4.90 Å². The van der Waals surface area contributed by atoms with E-state index < -0.39 is 0 Å². The Hall–Kier alpha value is -0.160. The van der Waals surface area contributed by atoms with Crippen LogP contribution in [-0.4, -0.2) is 55.3 Å². The number of hydrogen-bond acceptors (Lipinski definition) is 4. The van der Waals surface area contributed by atoms with Crippen LogP contribution < -0.4 is 5.84 Å². The van der Waals surface area contributed by atoms with Gasteiger partial charge in [-0.3, -0.25) is 10.7 Å². The Kier molecular flexibility index (Phi) is 3.16. The van der Waals surface area contributed by atoms with E-state index in [1.807, 2.05) is 5.01 Å². The fourth-order valence-electron chi connectivity index (χ4n) is 2.02. The van der Waals surface area contributed by atoms with Crippen molar-refractivity contribution in [3.63, 3.8) is 0 Å². The van der Waals surface area contributed by atoms with Gasteiger partial charge in [0.1, 0.15) is 0 Å². The highest BCUT2D eigenvalue weighted by molar-refractivity contribution is 4.74. The number of piperazine rings is 1. The largest absolute Gasteiger partial charge is 0.377 e. The second kappa shape index (κ2) is 4.37. The predicted molar refractivity (Wildman–Crippen MR) is 51.2 cm³/mol. The van der Waals surface area contributed by atoms with E-state index in [0.29, 0.717) is 6.10 Å². The number of rotatable bonds is 2. The minimum atomic E-state index is 0.490. The molecule has 2 rings (SSSR count). The summed E-state index contributed by atoms with van der Waals surface area (Å²) in [7, 11) is 0. The highest BCUT2D eigenvalue weighted by Gasteiger charge is 2.21. The van der Waals surface area contributed by atoms with E-state index in [4.69, 9.17) is 10.6 Å². The lowest BCUT2D eigenvalue weighted by Crippen LogP contribution is -2.50. The van der Waals surface area contributed by atoms with Crippen molar-refractivity contribution in [2.45, 2.75) is 18.9 Å². The summed E-state index contributed by atoms with van der Waals surface area (Å²) < 4.78 is 5.60. The third-order valence-corrected chi connectivity index (χ3v) is 2.89. The Bertz CT molecular complexity index is 151. The van der Waals surface area contributed by atoms with Gasteiger partial charge in [0.2, 0.25) is 0 Å². The van der Waals surface area contributed by atoms with Crippen molar-refractivity contribution in [3.8, 4) is 0 Å². The molecule has 0 aromatic carbocycles. The molecule has 13 heavy (non-hydrogen) atoms. The molecule has 2 aliphatic rings. The molecule has 2 aliphatic heterocycles. The second-order valence-electron chi connectivity index (χ2n) is 3.97. The van der Waals surface area contributed by atoms with E-state index in [1.165, 1.54) is 12.8 Å². The molecular weight excluding hydrogens is 166 g/mol. The standard InChI is InChI=1S/C9H19N3O/c10-12-5-3-11(4-6-12)8-9-2-1-7-13-9/h9H,1-8,10H2. The van der Waals surface area contributed by atoms with Gasteiger partial charge in [0.15, 0.2) is 0 Å². The smallest absolute Gasteiger partial charge is 0.0702 e. The minimum absolute atomic E-state index is 0.490. The average Bonchev–Trinajstić information content (AvgIpc) is 2.62. The quantitative estimate of drug-likeness (QED) is 0.597. The maximum atomic E-state index is 5.68. The van der Waals surface area contributed by atoms with Gasteiger partial charge in [-0.2, -0.15) is 0 Å². The normalized spacial score (nSPS) is 32.5. The molecule has 2 N–H and O–H groups in total. The molecule has 2 saturated heterocycles. The Morgan fingerprint density at radius 2 is 2.00 bits per heavy atom. The van der Waals surface area contributed by atoms with Gasteiger partial charge in [0.25, 0.3) is 0 Å². The van der Waals surface area contributed by atoms with Crippen molar-refractivity contribution in [2.24, 2.45) is 5.84 Å². The van der Waals surface area contributed by atoms with E-state index >= 15 is 0 Å². The molecule has 4 nitrogen and oxygen atoms in total. The van der Waals surface area contributed by atoms with Crippen LogP contribution >= 0.6 is 0 Å². The molecule has 0 aromatic heterocycles. The van der Waals surface area contributed by atoms with Crippen LogP contribution in [0.15, 0.2) is 0 Å². The minimum Gasteiger partial charge on any atom is -0.377 e. The van der Waals surface area contributed by atoms with Gasteiger partial charge < -0.3 is 4.74 Å². The van der Waals surface area contributed by atoms with Crippen molar-refractivity contribution in [2.75, 3.05) is 39.3 Å². The van der Waals surface area contributed by atoms with E-state index in [9.17, 15) is 0 Å². The van der Waals surface area contributed by atoms with Crippen molar-refractivity contribution in [3.05, 3.63) is 0 Å². The summed E-state index contributed by atoms with van der Waals surface area (Å²) in [6, 6.07) is 0. The molecule has 0 spiro atoms. The topological polar surface area (TPSA) is 41.7 Å². The number of hydrazine groups is 1. The molecule has 76 valence electrons. The summed E-state index contributed by atoms with van der Waals surface area (Å²) in [5, 5.41) is 1.89. The summed E-state index contributed by atoms with van der Waals surface area (Å²) in [5.41, 5.74) is 0. The Labute approximate surface area is 79.6 Å². The van der Waals surface area contributed by atoms with Crippen molar-refractivity contribution in [1.29, 1.82) is 0 Å². The van der Waals surface area contributed by atoms with Crippen molar-refractivity contribution < 1.29 is 4.74 Å². The van der Waals surface area contributed by atoms with E-state index in [0.717, 1.165) is 39.3 Å². The maximum Gasteiger partial charge on any atom is 0.0702 e. The molecule has 4 heteroatoms. The molecule has 0 radical (unpaired) electrons. The summed E-state index contributed by atoms with van der Waals surface area (Å²) >= 11 is 0. The molecule has 2 fully saturated rings. The summed E-state index contributed by atoms with van der Waals surface area (Å²) in [6.45, 7) is 6.24. The number of nitrogens with two attached hydrogens (primary N) is 1. The maximum absolute atomic E-state index is 5.68. The second-order valence-corrected chi connectivity index (χ2v) is 3.97. The van der Waals surface area contributed by atoms with Crippen LogP contribution in [0.2, 0.25) is 0 Å². The zero-order valence-corrected chi connectivity index (χ0v) is 8.11. The first-order valence-corrected chi connectivity index (χ1v) is 5.18. The lowest BCUT2D eigenvalue weighted by molar-refractivity contribution is 0.0504. The van der Waals surface area contributed by atoms with Gasteiger partial charge in [-0.05, 0) is 12.8 Å². The molecule has 0 saturated carbocycles. The molecule has 1 atom stereocenters. The van der Waals surface area contributed by atoms with Crippen LogP contribution in [0.4, 0.5) is 0 Å². The summed E-state index contributed by atoms with van der Waals surface area (Å²) in [4.78, 5) is 2.46. The number of ether oxygens (including phenoxy) is 1. The SMILES string of the molecule is NN1CCN(CC2CCCO2)CC1. The highest BCUT2D eigenvalue weighted by atomic mass is 16.5. The first kappa shape index (κ1) is 9.40. The van der Waals surface area contributed by atoms with Gasteiger partial charge in [-0.25, -0.2) is 5.01 Å². The predicted octanol–water partition coefficient (Wildman–Crippen LogP) is -0.343. The molecular formula is C9H19N3O. The Morgan fingerprint density at radius 3 is 2.62 bits per heavy atom. The van der Waals surface area contributed by atoms with Gasteiger partial charge in [0.05, 0.1) is 6.10 Å². The number of nitrogens with zero attached hydrogens (tertiary/aromatic N) is 2. The van der Waals surface area contributed by atoms with Crippen LogP contribution in [-0.2, 0) is 4.74 Å². The Morgan fingerprint density at radius 1 is 1.23 bits per heavy atom. The van der Waals surface area contributed by atoms with E-state index in [1.54, 1.807) is 0 Å². The van der Waals surface area contributed by atoms with Crippen LogP contribution in [0.5, 0.6) is 0 Å². The Balaban J connectivity index is 1.69. The lowest BCUT2D eigenvalue weighted by Gasteiger charge is -2.33. The van der Waals surface area contributed by atoms with Gasteiger partial charge in [-0.15, -0.1) is 0 Å². The average molecular weight is 185 g/mol. The van der Waals surface area contributed by atoms with Gasteiger partial charge in [0, 0.05) is 39.3 Å². The third-order valence-electron chi connectivity index (χ3n) is 2.89. The van der Waals surface area contributed by atoms with Crippen LogP contribution in [0.3, 0.4) is 0 Å². The molecule has 0 aliphatic carbocycles. The molecule has 2 heterocycles. The first-order chi connectivity index (χ1) is 6.34.